The van der Waals surface area contributed by atoms with Crippen LogP contribution in [0.1, 0.15) is 26.2 Å². The molecule has 2 nitrogen and oxygen atoms in total. The molecule has 2 N–H and O–H groups in total. The highest BCUT2D eigenvalue weighted by atomic mass is 127. The van der Waals surface area contributed by atoms with Crippen LogP contribution in [0.5, 0.6) is 0 Å². The van der Waals surface area contributed by atoms with Gasteiger partial charge in [0.2, 0.25) is 0 Å². The first-order valence-corrected chi connectivity index (χ1v) is 6.10. The fourth-order valence-corrected chi connectivity index (χ4v) is 2.00. The van der Waals surface area contributed by atoms with E-state index in [1.807, 2.05) is 0 Å². The second-order valence-corrected chi connectivity index (χ2v) is 5.00. The van der Waals surface area contributed by atoms with E-state index in [4.69, 9.17) is 0 Å². The van der Waals surface area contributed by atoms with Crippen molar-refractivity contribution in [2.45, 2.75) is 30.1 Å². The second kappa shape index (κ2) is 5.98. The third kappa shape index (κ3) is 3.95. The molecule has 1 aliphatic rings. The van der Waals surface area contributed by atoms with Crippen LogP contribution in [0.3, 0.4) is 0 Å². The van der Waals surface area contributed by atoms with Crippen molar-refractivity contribution in [3.8, 4) is 0 Å². The summed E-state index contributed by atoms with van der Waals surface area (Å²) in [5.41, 5.74) is 0. The van der Waals surface area contributed by atoms with Crippen molar-refractivity contribution in [2.24, 2.45) is 5.92 Å². The number of aliphatic hydroxyl groups excluding tert-OH is 1. The highest BCUT2D eigenvalue weighted by molar-refractivity contribution is 14.1. The SMILES string of the molecule is CCCN[C](O)C1C=CC(I)CC1. The van der Waals surface area contributed by atoms with Crippen LogP contribution >= 0.6 is 22.6 Å². The van der Waals surface area contributed by atoms with Crippen LogP contribution in [-0.2, 0) is 0 Å². The van der Waals surface area contributed by atoms with Gasteiger partial charge >= 0.3 is 0 Å². The molecule has 0 spiro atoms. The summed E-state index contributed by atoms with van der Waals surface area (Å²) in [7, 11) is 0. The average Bonchev–Trinajstić information content (AvgIpc) is 2.15. The van der Waals surface area contributed by atoms with Gasteiger partial charge in [-0.25, -0.2) is 0 Å². The molecule has 75 valence electrons. The number of nitrogens with one attached hydrogen (secondary N) is 1. The Labute approximate surface area is 93.9 Å². The summed E-state index contributed by atoms with van der Waals surface area (Å²) in [6, 6.07) is 0. The van der Waals surface area contributed by atoms with E-state index in [1.54, 1.807) is 0 Å². The summed E-state index contributed by atoms with van der Waals surface area (Å²) >= 11 is 2.42. The number of hydrogen-bond donors (Lipinski definition) is 2. The molecule has 0 aromatic heterocycles. The molecule has 0 amide bonds. The minimum Gasteiger partial charge on any atom is -0.371 e. The molecule has 1 radical (unpaired) electrons. The van der Waals surface area contributed by atoms with Crippen LogP contribution in [0.2, 0.25) is 0 Å². The highest BCUT2D eigenvalue weighted by Crippen LogP contribution is 2.26. The molecule has 0 saturated carbocycles. The Morgan fingerprint density at radius 3 is 2.85 bits per heavy atom. The molecule has 0 aliphatic heterocycles. The molecule has 1 rings (SSSR count). The fraction of sp³-hybridized carbons (Fsp3) is 0.700. The molecular formula is C10H17INO. The Morgan fingerprint density at radius 1 is 1.54 bits per heavy atom. The van der Waals surface area contributed by atoms with Gasteiger partial charge in [0.25, 0.3) is 0 Å². The zero-order chi connectivity index (χ0) is 9.68. The summed E-state index contributed by atoms with van der Waals surface area (Å²) in [5.74, 6) is 0.234. The van der Waals surface area contributed by atoms with E-state index in [0.717, 1.165) is 19.4 Å². The predicted molar refractivity (Wildman–Crippen MR) is 63.1 cm³/mol. The Kier molecular flexibility index (Phi) is 5.28. The van der Waals surface area contributed by atoms with Crippen LogP contribution < -0.4 is 5.32 Å². The molecule has 0 saturated heterocycles. The van der Waals surface area contributed by atoms with Crippen LogP contribution in [0.15, 0.2) is 12.2 Å². The molecular weight excluding hydrogens is 277 g/mol. The molecule has 0 bridgehead atoms. The summed E-state index contributed by atoms with van der Waals surface area (Å²) in [6.45, 7) is 2.96. The van der Waals surface area contributed by atoms with Crippen molar-refractivity contribution < 1.29 is 5.11 Å². The first-order valence-electron chi connectivity index (χ1n) is 4.86. The minimum atomic E-state index is 0.234. The van der Waals surface area contributed by atoms with E-state index in [-0.39, 0.29) is 5.92 Å². The molecule has 1 aliphatic carbocycles. The number of aliphatic hydroxyl groups is 1. The number of allylic oxidation sites excluding steroid dienone is 1. The molecule has 0 fully saturated rings. The van der Waals surface area contributed by atoms with Gasteiger partial charge in [-0.1, -0.05) is 41.7 Å². The summed E-state index contributed by atoms with van der Waals surface area (Å²) in [4.78, 5) is 0. The van der Waals surface area contributed by atoms with Crippen LogP contribution in [0, 0.1) is 12.1 Å². The van der Waals surface area contributed by atoms with E-state index in [2.05, 4.69) is 47.0 Å². The molecule has 0 aromatic rings. The maximum Gasteiger partial charge on any atom is 0.165 e. The summed E-state index contributed by atoms with van der Waals surface area (Å²) < 4.78 is 0.646. The lowest BCUT2D eigenvalue weighted by Gasteiger charge is -2.23. The van der Waals surface area contributed by atoms with E-state index >= 15 is 0 Å². The fourth-order valence-electron chi connectivity index (χ4n) is 1.40. The predicted octanol–water partition coefficient (Wildman–Crippen LogP) is 2.62. The van der Waals surface area contributed by atoms with Crippen molar-refractivity contribution in [3.05, 3.63) is 18.4 Å². The first-order chi connectivity index (χ1) is 6.24. The van der Waals surface area contributed by atoms with Gasteiger partial charge in [0, 0.05) is 9.84 Å². The number of rotatable bonds is 4. The van der Waals surface area contributed by atoms with E-state index in [1.165, 1.54) is 6.42 Å². The topological polar surface area (TPSA) is 32.3 Å². The van der Waals surface area contributed by atoms with E-state index in [9.17, 15) is 5.11 Å². The molecule has 0 aromatic carbocycles. The lowest BCUT2D eigenvalue weighted by atomic mass is 9.94. The van der Waals surface area contributed by atoms with Crippen molar-refractivity contribution in [3.63, 3.8) is 0 Å². The van der Waals surface area contributed by atoms with E-state index in [0.29, 0.717) is 10.2 Å². The van der Waals surface area contributed by atoms with Gasteiger partial charge in [-0.05, 0) is 25.8 Å². The highest BCUT2D eigenvalue weighted by Gasteiger charge is 2.21. The largest absolute Gasteiger partial charge is 0.371 e. The van der Waals surface area contributed by atoms with Gasteiger partial charge in [0.15, 0.2) is 6.23 Å². The monoisotopic (exact) mass is 294 g/mol. The van der Waals surface area contributed by atoms with Gasteiger partial charge in [0.05, 0.1) is 0 Å². The second-order valence-electron chi connectivity index (χ2n) is 3.40. The van der Waals surface area contributed by atoms with Gasteiger partial charge in [0.1, 0.15) is 0 Å². The Morgan fingerprint density at radius 2 is 2.31 bits per heavy atom. The maximum absolute atomic E-state index is 9.64. The van der Waals surface area contributed by atoms with Crippen LogP contribution in [0.4, 0.5) is 0 Å². The van der Waals surface area contributed by atoms with E-state index < -0.39 is 0 Å². The Hall–Kier alpha value is 0.390. The lowest BCUT2D eigenvalue weighted by Crippen LogP contribution is -2.29. The zero-order valence-corrected chi connectivity index (χ0v) is 10.1. The van der Waals surface area contributed by atoms with Crippen molar-refractivity contribution in [1.82, 2.24) is 5.32 Å². The average molecular weight is 294 g/mol. The zero-order valence-electron chi connectivity index (χ0n) is 7.96. The van der Waals surface area contributed by atoms with Gasteiger partial charge in [-0.3, -0.25) is 5.32 Å². The van der Waals surface area contributed by atoms with Gasteiger partial charge in [-0.2, -0.15) is 0 Å². The van der Waals surface area contributed by atoms with Gasteiger partial charge < -0.3 is 5.11 Å². The molecule has 13 heavy (non-hydrogen) atoms. The van der Waals surface area contributed by atoms with Crippen LogP contribution in [0.25, 0.3) is 0 Å². The lowest BCUT2D eigenvalue weighted by molar-refractivity contribution is 0.203. The van der Waals surface area contributed by atoms with Crippen molar-refractivity contribution in [1.29, 1.82) is 0 Å². The minimum absolute atomic E-state index is 0.234. The van der Waals surface area contributed by atoms with Crippen LogP contribution in [-0.4, -0.2) is 15.6 Å². The molecule has 2 atom stereocenters. The standard InChI is InChI=1S/C10H17INO/c1-2-7-12-10(13)8-3-5-9(11)6-4-8/h3,5,8-9,12-13H,2,4,6-7H2,1H3. The first kappa shape index (κ1) is 11.5. The summed E-state index contributed by atoms with van der Waals surface area (Å²) in [5, 5.41) is 12.7. The molecule has 2 unspecified atom stereocenters. The number of hydrogen-bond acceptors (Lipinski definition) is 2. The summed E-state index contributed by atoms with van der Waals surface area (Å²) in [6.07, 6.45) is 8.01. The van der Waals surface area contributed by atoms with Crippen molar-refractivity contribution in [2.75, 3.05) is 6.54 Å². The van der Waals surface area contributed by atoms with Crippen molar-refractivity contribution >= 4 is 22.6 Å². The molecule has 3 heteroatoms. The third-order valence-corrected chi connectivity index (χ3v) is 3.25. The maximum atomic E-state index is 9.64. The Balaban J connectivity index is 2.30. The van der Waals surface area contributed by atoms with Gasteiger partial charge in [-0.15, -0.1) is 0 Å². The normalized spacial score (nSPS) is 28.3. The number of alkyl halides is 1. The smallest absolute Gasteiger partial charge is 0.165 e. The Bertz CT molecular complexity index is 172. The quantitative estimate of drug-likeness (QED) is 0.474. The number of halogens is 1. The third-order valence-electron chi connectivity index (χ3n) is 2.21. The molecule has 0 heterocycles.